The average Bonchev–Trinajstić information content (AvgIpc) is 3.09. The van der Waals surface area contributed by atoms with Crippen LogP contribution in [-0.2, 0) is 16.1 Å². The van der Waals surface area contributed by atoms with Crippen LogP contribution in [0, 0.1) is 5.92 Å². The van der Waals surface area contributed by atoms with Crippen LogP contribution in [0.15, 0.2) is 18.5 Å². The van der Waals surface area contributed by atoms with Crippen LogP contribution in [0.2, 0.25) is 0 Å². The van der Waals surface area contributed by atoms with E-state index in [-0.39, 0.29) is 17.7 Å². The molecule has 2 amide bonds. The van der Waals surface area contributed by atoms with Crippen LogP contribution in [0.3, 0.4) is 0 Å². The van der Waals surface area contributed by atoms with Crippen molar-refractivity contribution in [3.63, 3.8) is 0 Å². The fourth-order valence-corrected chi connectivity index (χ4v) is 2.39. The monoisotopic (exact) mass is 263 g/mol. The lowest BCUT2D eigenvalue weighted by molar-refractivity contribution is -0.125. The number of hydrogen-bond acceptors (Lipinski definition) is 2. The van der Waals surface area contributed by atoms with Crippen molar-refractivity contribution < 1.29 is 9.59 Å². The third-order valence-electron chi connectivity index (χ3n) is 3.53. The molecule has 1 aliphatic rings. The second-order valence-corrected chi connectivity index (χ2v) is 5.02. The molecule has 1 saturated carbocycles. The van der Waals surface area contributed by atoms with E-state index in [1.165, 1.54) is 0 Å². The topological polar surface area (TPSA) is 74.0 Å². The quantitative estimate of drug-likeness (QED) is 0.724. The van der Waals surface area contributed by atoms with Gasteiger partial charge in [-0.1, -0.05) is 12.8 Å². The second kappa shape index (κ2) is 6.97. The minimum Gasteiger partial charge on any atom is -0.367 e. The van der Waals surface area contributed by atoms with Gasteiger partial charge in [0.2, 0.25) is 11.8 Å². The predicted octanol–water partition coefficient (Wildman–Crippen LogP) is 1.33. The lowest BCUT2D eigenvalue weighted by Crippen LogP contribution is -2.33. The highest BCUT2D eigenvalue weighted by Gasteiger charge is 2.22. The fraction of sp³-hybridized carbons (Fsp3) is 0.571. The maximum atomic E-state index is 11.7. The Bertz CT molecular complexity index is 408. The number of aromatic nitrogens is 1. The van der Waals surface area contributed by atoms with Crippen LogP contribution < -0.4 is 10.6 Å². The van der Waals surface area contributed by atoms with Crippen molar-refractivity contribution in [1.29, 1.82) is 0 Å². The molecule has 0 aromatic carbocycles. The minimum atomic E-state index is -0.0343. The van der Waals surface area contributed by atoms with Crippen LogP contribution in [0.5, 0.6) is 0 Å². The van der Waals surface area contributed by atoms with Crippen molar-refractivity contribution in [3.05, 3.63) is 24.0 Å². The fourth-order valence-electron chi connectivity index (χ4n) is 2.39. The van der Waals surface area contributed by atoms with Crippen molar-refractivity contribution in [2.45, 2.75) is 38.6 Å². The number of rotatable bonds is 6. The van der Waals surface area contributed by atoms with E-state index >= 15 is 0 Å². The summed E-state index contributed by atoms with van der Waals surface area (Å²) in [6.45, 7) is 0.952. The number of H-pyrrole nitrogens is 1. The van der Waals surface area contributed by atoms with Crippen LogP contribution in [0.1, 0.15) is 37.7 Å². The highest BCUT2D eigenvalue weighted by molar-refractivity contribution is 5.80. The summed E-state index contributed by atoms with van der Waals surface area (Å²) in [5.41, 5.74) is 1.04. The van der Waals surface area contributed by atoms with Crippen LogP contribution in [0.25, 0.3) is 0 Å². The largest absolute Gasteiger partial charge is 0.367 e. The Labute approximate surface area is 113 Å². The number of carbonyl (C=O) groups excluding carboxylic acids is 2. The first kappa shape index (κ1) is 13.6. The number of hydrogen-bond donors (Lipinski definition) is 3. The van der Waals surface area contributed by atoms with E-state index in [4.69, 9.17) is 0 Å². The van der Waals surface area contributed by atoms with Crippen molar-refractivity contribution in [3.8, 4) is 0 Å². The smallest absolute Gasteiger partial charge is 0.223 e. The zero-order valence-corrected chi connectivity index (χ0v) is 11.1. The van der Waals surface area contributed by atoms with Gasteiger partial charge in [0.1, 0.15) is 0 Å². The van der Waals surface area contributed by atoms with Gasteiger partial charge in [-0.25, -0.2) is 0 Å². The first-order valence-electron chi connectivity index (χ1n) is 6.92. The van der Waals surface area contributed by atoms with E-state index < -0.39 is 0 Å². The lowest BCUT2D eigenvalue weighted by Gasteiger charge is -2.10. The standard InChI is InChI=1S/C14H21N3O2/c18-13(17-10-11-5-7-15-9-11)6-8-16-14(19)12-3-1-2-4-12/h5,7,9,12,15H,1-4,6,8,10H2,(H,16,19)(H,17,18). The molecule has 0 aliphatic heterocycles. The Balaban J connectivity index is 1.57. The summed E-state index contributed by atoms with van der Waals surface area (Å²) in [7, 11) is 0. The average molecular weight is 263 g/mol. The molecule has 1 aliphatic carbocycles. The maximum absolute atomic E-state index is 11.7. The van der Waals surface area contributed by atoms with E-state index in [1.807, 2.05) is 18.5 Å². The van der Waals surface area contributed by atoms with Crippen molar-refractivity contribution in [2.75, 3.05) is 6.54 Å². The van der Waals surface area contributed by atoms with Gasteiger partial charge < -0.3 is 15.6 Å². The molecule has 1 fully saturated rings. The first-order valence-corrected chi connectivity index (χ1v) is 6.92. The van der Waals surface area contributed by atoms with E-state index in [1.54, 1.807) is 0 Å². The molecule has 1 heterocycles. The Morgan fingerprint density at radius 2 is 2.05 bits per heavy atom. The summed E-state index contributed by atoms with van der Waals surface area (Å²) in [6.07, 6.45) is 8.29. The molecular weight excluding hydrogens is 242 g/mol. The molecule has 0 radical (unpaired) electrons. The van der Waals surface area contributed by atoms with Gasteiger partial charge in [-0.15, -0.1) is 0 Å². The summed E-state index contributed by atoms with van der Waals surface area (Å²) in [5.74, 6) is 0.242. The maximum Gasteiger partial charge on any atom is 0.223 e. The molecule has 0 spiro atoms. The third kappa shape index (κ3) is 4.43. The van der Waals surface area contributed by atoms with E-state index in [0.717, 1.165) is 31.2 Å². The summed E-state index contributed by atoms with van der Waals surface area (Å²) < 4.78 is 0. The molecular formula is C14H21N3O2. The number of aromatic amines is 1. The Morgan fingerprint density at radius 1 is 1.26 bits per heavy atom. The zero-order chi connectivity index (χ0) is 13.5. The Kier molecular flexibility index (Phi) is 5.01. The number of carbonyl (C=O) groups is 2. The summed E-state index contributed by atoms with van der Waals surface area (Å²) >= 11 is 0. The zero-order valence-electron chi connectivity index (χ0n) is 11.1. The van der Waals surface area contributed by atoms with Gasteiger partial charge in [0.25, 0.3) is 0 Å². The molecule has 0 saturated heterocycles. The van der Waals surface area contributed by atoms with Crippen LogP contribution in [0.4, 0.5) is 0 Å². The highest BCUT2D eigenvalue weighted by atomic mass is 16.2. The van der Waals surface area contributed by atoms with Crippen molar-refractivity contribution in [1.82, 2.24) is 15.6 Å². The van der Waals surface area contributed by atoms with Gasteiger partial charge in [-0.2, -0.15) is 0 Å². The molecule has 5 nitrogen and oxygen atoms in total. The summed E-state index contributed by atoms with van der Waals surface area (Å²) in [4.78, 5) is 26.2. The van der Waals surface area contributed by atoms with Gasteiger partial charge in [0.15, 0.2) is 0 Å². The summed E-state index contributed by atoms with van der Waals surface area (Å²) in [6, 6.07) is 1.92. The lowest BCUT2D eigenvalue weighted by atomic mass is 10.1. The molecule has 19 heavy (non-hydrogen) atoms. The Hall–Kier alpha value is -1.78. The molecule has 3 N–H and O–H groups in total. The Morgan fingerprint density at radius 3 is 2.74 bits per heavy atom. The van der Waals surface area contributed by atoms with Crippen LogP contribution in [-0.4, -0.2) is 23.3 Å². The first-order chi connectivity index (χ1) is 9.25. The van der Waals surface area contributed by atoms with Gasteiger partial charge in [0.05, 0.1) is 0 Å². The van der Waals surface area contributed by atoms with Gasteiger partial charge >= 0.3 is 0 Å². The van der Waals surface area contributed by atoms with E-state index in [2.05, 4.69) is 15.6 Å². The second-order valence-electron chi connectivity index (χ2n) is 5.02. The highest BCUT2D eigenvalue weighted by Crippen LogP contribution is 2.24. The molecule has 0 atom stereocenters. The number of amides is 2. The normalized spacial score (nSPS) is 15.4. The molecule has 104 valence electrons. The van der Waals surface area contributed by atoms with Crippen molar-refractivity contribution >= 4 is 11.8 Å². The third-order valence-corrected chi connectivity index (χ3v) is 3.53. The predicted molar refractivity (Wildman–Crippen MR) is 72.2 cm³/mol. The van der Waals surface area contributed by atoms with Gasteiger partial charge in [-0.3, -0.25) is 9.59 Å². The number of nitrogens with one attached hydrogen (secondary N) is 3. The molecule has 0 bridgehead atoms. The minimum absolute atomic E-state index is 0.0343. The van der Waals surface area contributed by atoms with Crippen molar-refractivity contribution in [2.24, 2.45) is 5.92 Å². The molecule has 0 unspecified atom stereocenters. The molecule has 5 heteroatoms. The van der Waals surface area contributed by atoms with Gasteiger partial charge in [0, 0.05) is 37.8 Å². The van der Waals surface area contributed by atoms with E-state index in [0.29, 0.717) is 19.5 Å². The molecule has 1 aromatic rings. The molecule has 2 rings (SSSR count). The molecule has 1 aromatic heterocycles. The van der Waals surface area contributed by atoms with E-state index in [9.17, 15) is 9.59 Å². The van der Waals surface area contributed by atoms with Crippen LogP contribution >= 0.6 is 0 Å². The SMILES string of the molecule is O=C(CCNC(=O)C1CCCC1)NCc1cc[nH]c1. The van der Waals surface area contributed by atoms with Gasteiger partial charge in [-0.05, 0) is 24.5 Å². The summed E-state index contributed by atoms with van der Waals surface area (Å²) in [5, 5.41) is 5.66.